The quantitative estimate of drug-likeness (QED) is 0.534. The molecule has 0 amide bonds. The summed E-state index contributed by atoms with van der Waals surface area (Å²) in [4.78, 5) is 29.1. The summed E-state index contributed by atoms with van der Waals surface area (Å²) >= 11 is 0. The Hall–Kier alpha value is -1.54. The highest BCUT2D eigenvalue weighted by molar-refractivity contribution is 6.09. The van der Waals surface area contributed by atoms with Gasteiger partial charge in [0.05, 0.1) is 6.61 Å². The summed E-state index contributed by atoms with van der Waals surface area (Å²) in [6.07, 6.45) is 2.40. The average molecular weight is 337 g/mol. The van der Waals surface area contributed by atoms with Crippen molar-refractivity contribution in [3.8, 4) is 0 Å². The van der Waals surface area contributed by atoms with E-state index in [2.05, 4.69) is 5.48 Å². The first-order valence-electron chi connectivity index (χ1n) is 8.03. The molecule has 0 aromatic rings. The SMILES string of the molecule is CC1=C2C(=C[C@@](C)(CO)[C@@H]2ONCC(=O)O)C(=O)[C@](C)(O)C12CC2. The first kappa shape index (κ1) is 17.3. The van der Waals surface area contributed by atoms with E-state index in [1.807, 2.05) is 6.92 Å². The second-order valence-electron chi connectivity index (χ2n) is 7.46. The molecule has 0 radical (unpaired) electrons. The second kappa shape index (κ2) is 5.23. The Labute approximate surface area is 140 Å². The molecule has 0 bridgehead atoms. The Bertz CT molecular complexity index is 673. The average Bonchev–Trinajstić information content (AvgIpc) is 3.27. The van der Waals surface area contributed by atoms with E-state index in [0.717, 1.165) is 18.4 Å². The minimum atomic E-state index is -1.47. The van der Waals surface area contributed by atoms with Crippen LogP contribution in [0.25, 0.3) is 0 Å². The Morgan fingerprint density at radius 1 is 1.42 bits per heavy atom. The molecular formula is C17H23NO6. The third-order valence-corrected chi connectivity index (χ3v) is 5.88. The third-order valence-electron chi connectivity index (χ3n) is 5.88. The van der Waals surface area contributed by atoms with Crippen LogP contribution in [0.4, 0.5) is 0 Å². The summed E-state index contributed by atoms with van der Waals surface area (Å²) in [6.45, 7) is 4.52. The van der Waals surface area contributed by atoms with Gasteiger partial charge in [0.25, 0.3) is 0 Å². The molecule has 3 aliphatic carbocycles. The van der Waals surface area contributed by atoms with Gasteiger partial charge in [-0.05, 0) is 32.3 Å². The third kappa shape index (κ3) is 2.12. The molecular weight excluding hydrogens is 314 g/mol. The first-order chi connectivity index (χ1) is 11.1. The van der Waals surface area contributed by atoms with Crippen LogP contribution >= 0.6 is 0 Å². The number of ketones is 1. The van der Waals surface area contributed by atoms with Gasteiger partial charge < -0.3 is 15.3 Å². The molecule has 7 nitrogen and oxygen atoms in total. The number of hydrogen-bond acceptors (Lipinski definition) is 6. The number of rotatable bonds is 5. The summed E-state index contributed by atoms with van der Waals surface area (Å²) in [5.74, 6) is -1.43. The van der Waals surface area contributed by atoms with Crippen LogP contribution in [0.3, 0.4) is 0 Å². The highest BCUT2D eigenvalue weighted by atomic mass is 16.7. The number of carboxylic acid groups (broad SMARTS) is 1. The van der Waals surface area contributed by atoms with Crippen LogP contribution in [-0.4, -0.2) is 51.9 Å². The number of Topliss-reactive ketones (excluding diaryl/α,β-unsaturated/α-hetero) is 1. The molecule has 0 aromatic heterocycles. The van der Waals surface area contributed by atoms with Crippen molar-refractivity contribution in [3.05, 3.63) is 22.8 Å². The zero-order valence-corrected chi connectivity index (χ0v) is 14.0. The summed E-state index contributed by atoms with van der Waals surface area (Å²) in [7, 11) is 0. The maximum Gasteiger partial charge on any atom is 0.319 e. The molecule has 0 aliphatic heterocycles. The lowest BCUT2D eigenvalue weighted by Gasteiger charge is -2.40. The van der Waals surface area contributed by atoms with Crippen molar-refractivity contribution in [3.63, 3.8) is 0 Å². The predicted molar refractivity (Wildman–Crippen MR) is 83.8 cm³/mol. The summed E-state index contributed by atoms with van der Waals surface area (Å²) < 4.78 is 0. The number of aliphatic hydroxyl groups is 2. The van der Waals surface area contributed by atoms with E-state index < -0.39 is 35.0 Å². The Morgan fingerprint density at radius 3 is 2.54 bits per heavy atom. The molecule has 1 saturated carbocycles. The van der Waals surface area contributed by atoms with Crippen molar-refractivity contribution in [2.75, 3.05) is 13.2 Å². The lowest BCUT2D eigenvalue weighted by atomic mass is 9.67. The lowest BCUT2D eigenvalue weighted by Crippen LogP contribution is -2.50. The minimum absolute atomic E-state index is 0.269. The van der Waals surface area contributed by atoms with Crippen molar-refractivity contribution < 1.29 is 29.7 Å². The van der Waals surface area contributed by atoms with Gasteiger partial charge in [-0.15, -0.1) is 0 Å². The van der Waals surface area contributed by atoms with E-state index in [1.165, 1.54) is 0 Å². The maximum absolute atomic E-state index is 12.9. The van der Waals surface area contributed by atoms with Gasteiger partial charge >= 0.3 is 5.97 Å². The van der Waals surface area contributed by atoms with Crippen molar-refractivity contribution >= 4 is 11.8 Å². The number of fused-ring (bicyclic) bond motifs is 1. The predicted octanol–water partition coefficient (Wildman–Crippen LogP) is 0.330. The summed E-state index contributed by atoms with van der Waals surface area (Å²) in [5, 5.41) is 29.4. The van der Waals surface area contributed by atoms with E-state index in [1.54, 1.807) is 19.9 Å². The molecule has 132 valence electrons. The number of carbonyl (C=O) groups excluding carboxylic acids is 1. The normalized spacial score (nSPS) is 36.8. The van der Waals surface area contributed by atoms with Gasteiger partial charge in [0.15, 0.2) is 5.78 Å². The number of carbonyl (C=O) groups is 2. The number of hydroxylamine groups is 1. The lowest BCUT2D eigenvalue weighted by molar-refractivity contribution is -0.142. The molecule has 24 heavy (non-hydrogen) atoms. The largest absolute Gasteiger partial charge is 0.480 e. The highest BCUT2D eigenvalue weighted by Crippen LogP contribution is 2.65. The fraction of sp³-hybridized carbons (Fsp3) is 0.647. The Morgan fingerprint density at radius 2 is 2.04 bits per heavy atom. The molecule has 0 heterocycles. The summed E-state index contributed by atoms with van der Waals surface area (Å²) in [6, 6.07) is 0. The molecule has 4 N–H and O–H groups in total. The van der Waals surface area contributed by atoms with E-state index in [-0.39, 0.29) is 12.4 Å². The number of hydrogen-bond donors (Lipinski definition) is 4. The van der Waals surface area contributed by atoms with Crippen LogP contribution in [0.15, 0.2) is 22.8 Å². The van der Waals surface area contributed by atoms with Gasteiger partial charge in [0.1, 0.15) is 18.2 Å². The van der Waals surface area contributed by atoms with E-state index in [0.29, 0.717) is 11.1 Å². The van der Waals surface area contributed by atoms with Crippen molar-refractivity contribution in [2.24, 2.45) is 10.8 Å². The van der Waals surface area contributed by atoms with Crippen LogP contribution in [0, 0.1) is 10.8 Å². The summed E-state index contributed by atoms with van der Waals surface area (Å²) in [5.41, 5.74) is 1.41. The Balaban J connectivity index is 2.05. The number of aliphatic carboxylic acids is 1. The van der Waals surface area contributed by atoms with E-state index in [9.17, 15) is 19.8 Å². The highest BCUT2D eigenvalue weighted by Gasteiger charge is 2.66. The van der Waals surface area contributed by atoms with Crippen LogP contribution in [0.1, 0.15) is 33.6 Å². The molecule has 7 heteroatoms. The van der Waals surface area contributed by atoms with Gasteiger partial charge in [0, 0.05) is 16.4 Å². The van der Waals surface area contributed by atoms with Gasteiger partial charge in [-0.1, -0.05) is 18.6 Å². The number of nitrogens with one attached hydrogen (secondary N) is 1. The number of aliphatic hydroxyl groups excluding tert-OH is 1. The molecule has 3 aliphatic rings. The van der Waals surface area contributed by atoms with Crippen molar-refractivity contribution in [1.29, 1.82) is 0 Å². The van der Waals surface area contributed by atoms with Crippen LogP contribution in [0.2, 0.25) is 0 Å². The molecule has 1 fully saturated rings. The van der Waals surface area contributed by atoms with Crippen molar-refractivity contribution in [1.82, 2.24) is 5.48 Å². The minimum Gasteiger partial charge on any atom is -0.480 e. The van der Waals surface area contributed by atoms with E-state index >= 15 is 0 Å². The first-order valence-corrected chi connectivity index (χ1v) is 8.03. The topological polar surface area (TPSA) is 116 Å². The molecule has 3 rings (SSSR count). The van der Waals surface area contributed by atoms with Gasteiger partial charge in [-0.3, -0.25) is 14.4 Å². The molecule has 3 atom stereocenters. The zero-order valence-electron chi connectivity index (χ0n) is 14.0. The fourth-order valence-corrected chi connectivity index (χ4v) is 4.14. The molecule has 0 unspecified atom stereocenters. The Kier molecular flexibility index (Phi) is 3.76. The van der Waals surface area contributed by atoms with Crippen LogP contribution in [-0.2, 0) is 14.4 Å². The van der Waals surface area contributed by atoms with E-state index in [4.69, 9.17) is 9.94 Å². The van der Waals surface area contributed by atoms with Crippen molar-refractivity contribution in [2.45, 2.75) is 45.3 Å². The monoisotopic (exact) mass is 337 g/mol. The van der Waals surface area contributed by atoms with Gasteiger partial charge in [-0.2, -0.15) is 5.48 Å². The molecule has 0 aromatic carbocycles. The standard InChI is InChI=1S/C17H23NO6/c1-9-12-10(13(22)16(3,23)17(9)4-5-17)6-15(2,8-19)14(12)24-18-7-11(20)21/h6,14,18-19,23H,4-5,7-8H2,1-3H3,(H,20,21)/t14-,15+,16+/m1/s1. The zero-order chi connectivity index (χ0) is 17.9. The smallest absolute Gasteiger partial charge is 0.319 e. The fourth-order valence-electron chi connectivity index (χ4n) is 4.14. The molecule has 0 saturated heterocycles. The molecule has 1 spiro atoms. The van der Waals surface area contributed by atoms with Crippen LogP contribution in [0.5, 0.6) is 0 Å². The van der Waals surface area contributed by atoms with Crippen LogP contribution < -0.4 is 5.48 Å². The van der Waals surface area contributed by atoms with Gasteiger partial charge in [-0.25, -0.2) is 0 Å². The maximum atomic E-state index is 12.9. The van der Waals surface area contributed by atoms with Gasteiger partial charge in [0.2, 0.25) is 0 Å². The number of carboxylic acids is 1. The second-order valence-corrected chi connectivity index (χ2v) is 7.46.